The molecule has 1 aromatic rings. The lowest BCUT2D eigenvalue weighted by molar-refractivity contribution is 0.324. The molecule has 0 amide bonds. The first-order valence-electron chi connectivity index (χ1n) is 4.88. The van der Waals surface area contributed by atoms with Crippen LogP contribution in [0.4, 0.5) is 5.82 Å². The van der Waals surface area contributed by atoms with E-state index in [1.165, 1.54) is 0 Å². The number of rotatable bonds is 4. The van der Waals surface area contributed by atoms with E-state index in [1.54, 1.807) is 6.07 Å². The van der Waals surface area contributed by atoms with Gasteiger partial charge in [0.05, 0.1) is 6.61 Å². The first-order valence-corrected chi connectivity index (χ1v) is 4.88. The zero-order chi connectivity index (χ0) is 10.6. The van der Waals surface area contributed by atoms with E-state index in [2.05, 4.69) is 23.8 Å². The van der Waals surface area contributed by atoms with Gasteiger partial charge < -0.3 is 10.5 Å². The van der Waals surface area contributed by atoms with Gasteiger partial charge in [-0.15, -0.1) is 0 Å². The molecule has 0 aliphatic rings. The summed E-state index contributed by atoms with van der Waals surface area (Å²) in [6.45, 7) is 6.75. The molecule has 4 nitrogen and oxygen atoms in total. The van der Waals surface area contributed by atoms with Crippen LogP contribution in [0.3, 0.4) is 0 Å². The van der Waals surface area contributed by atoms with Crippen LogP contribution in [0.2, 0.25) is 0 Å². The van der Waals surface area contributed by atoms with E-state index in [4.69, 9.17) is 10.5 Å². The maximum Gasteiger partial charge on any atom is 0.218 e. The highest BCUT2D eigenvalue weighted by molar-refractivity contribution is 5.32. The molecule has 1 heterocycles. The lowest BCUT2D eigenvalue weighted by atomic mass is 10.1. The van der Waals surface area contributed by atoms with Crippen molar-refractivity contribution in [2.75, 3.05) is 12.3 Å². The first-order chi connectivity index (χ1) is 6.61. The average Bonchev–Trinajstić information content (AvgIpc) is 2.01. The fraction of sp³-hybridized carbons (Fsp3) is 0.600. The lowest BCUT2D eigenvalue weighted by Crippen LogP contribution is -2.06. The van der Waals surface area contributed by atoms with Gasteiger partial charge in [0, 0.05) is 12.5 Å². The summed E-state index contributed by atoms with van der Waals surface area (Å²) in [6, 6.07) is 1.65. The van der Waals surface area contributed by atoms with Crippen molar-refractivity contribution in [3.63, 3.8) is 0 Å². The minimum absolute atomic E-state index is 0.471. The molecule has 0 unspecified atom stereocenters. The van der Waals surface area contributed by atoms with Crippen LogP contribution in [0, 0.1) is 5.92 Å². The van der Waals surface area contributed by atoms with Gasteiger partial charge in [0.25, 0.3) is 0 Å². The van der Waals surface area contributed by atoms with E-state index in [0.29, 0.717) is 24.2 Å². The number of hydrogen-bond donors (Lipinski definition) is 1. The number of nitrogen functional groups attached to an aromatic ring is 1. The molecular weight excluding hydrogens is 178 g/mol. The Hall–Kier alpha value is -1.32. The molecule has 0 aromatic carbocycles. The quantitative estimate of drug-likeness (QED) is 0.793. The van der Waals surface area contributed by atoms with E-state index in [0.717, 1.165) is 12.2 Å². The first kappa shape index (κ1) is 10.8. The number of ether oxygens (including phenoxy) is 1. The molecule has 0 radical (unpaired) electrons. The molecule has 2 N–H and O–H groups in total. The van der Waals surface area contributed by atoms with Crippen LogP contribution in [0.5, 0.6) is 5.88 Å². The monoisotopic (exact) mass is 195 g/mol. The van der Waals surface area contributed by atoms with E-state index in [1.807, 2.05) is 6.92 Å². The van der Waals surface area contributed by atoms with Gasteiger partial charge in [0.1, 0.15) is 11.6 Å². The molecule has 14 heavy (non-hydrogen) atoms. The predicted octanol–water partition coefficient (Wildman–Crippen LogP) is 1.66. The van der Waals surface area contributed by atoms with Crippen LogP contribution in [0.15, 0.2) is 6.07 Å². The van der Waals surface area contributed by atoms with Crippen molar-refractivity contribution in [2.24, 2.45) is 5.92 Å². The molecule has 0 bridgehead atoms. The number of hydrogen-bond acceptors (Lipinski definition) is 4. The van der Waals surface area contributed by atoms with Gasteiger partial charge in [-0.2, -0.15) is 4.98 Å². The molecule has 1 rings (SSSR count). The highest BCUT2D eigenvalue weighted by Crippen LogP contribution is 2.13. The molecule has 0 aliphatic carbocycles. The molecule has 0 saturated carbocycles. The third kappa shape index (κ3) is 3.20. The Morgan fingerprint density at radius 3 is 2.71 bits per heavy atom. The van der Waals surface area contributed by atoms with Gasteiger partial charge >= 0.3 is 0 Å². The minimum atomic E-state index is 0.471. The van der Waals surface area contributed by atoms with Crippen LogP contribution in [0.1, 0.15) is 26.6 Å². The van der Waals surface area contributed by atoms with Crippen molar-refractivity contribution in [3.05, 3.63) is 11.9 Å². The Labute approximate surface area is 84.5 Å². The number of nitrogens with two attached hydrogens (primary N) is 1. The van der Waals surface area contributed by atoms with Crippen LogP contribution >= 0.6 is 0 Å². The molecule has 78 valence electrons. The molecular formula is C10H17N3O. The van der Waals surface area contributed by atoms with Crippen LogP contribution < -0.4 is 10.5 Å². The summed E-state index contributed by atoms with van der Waals surface area (Å²) in [5, 5.41) is 0. The third-order valence-corrected chi connectivity index (χ3v) is 1.65. The van der Waals surface area contributed by atoms with Crippen molar-refractivity contribution in [3.8, 4) is 5.88 Å². The Morgan fingerprint density at radius 1 is 1.43 bits per heavy atom. The highest BCUT2D eigenvalue weighted by atomic mass is 16.5. The van der Waals surface area contributed by atoms with Crippen molar-refractivity contribution in [1.29, 1.82) is 0 Å². The van der Waals surface area contributed by atoms with Crippen molar-refractivity contribution in [2.45, 2.75) is 27.2 Å². The molecule has 0 atom stereocenters. The second kappa shape index (κ2) is 4.79. The average molecular weight is 195 g/mol. The van der Waals surface area contributed by atoms with Crippen LogP contribution in [0.25, 0.3) is 0 Å². The Bertz CT molecular complexity index is 299. The summed E-state index contributed by atoms with van der Waals surface area (Å²) in [6.07, 6.45) is 0.825. The van der Waals surface area contributed by atoms with Gasteiger partial charge in [-0.1, -0.05) is 13.8 Å². The molecule has 0 saturated heterocycles. The number of anilines is 1. The van der Waals surface area contributed by atoms with E-state index < -0.39 is 0 Å². The highest BCUT2D eigenvalue weighted by Gasteiger charge is 2.05. The SMILES string of the molecule is CCOc1cc(N)nc(CC(C)C)n1. The van der Waals surface area contributed by atoms with Gasteiger partial charge in [0.2, 0.25) is 5.88 Å². The Balaban J connectivity index is 2.83. The van der Waals surface area contributed by atoms with E-state index >= 15 is 0 Å². The smallest absolute Gasteiger partial charge is 0.218 e. The van der Waals surface area contributed by atoms with E-state index in [9.17, 15) is 0 Å². The molecule has 0 spiro atoms. The normalized spacial score (nSPS) is 10.6. The topological polar surface area (TPSA) is 61.0 Å². The second-order valence-corrected chi connectivity index (χ2v) is 3.58. The fourth-order valence-electron chi connectivity index (χ4n) is 1.17. The maximum atomic E-state index is 5.63. The zero-order valence-corrected chi connectivity index (χ0v) is 8.95. The molecule has 1 aromatic heterocycles. The summed E-state index contributed by atoms with van der Waals surface area (Å²) in [7, 11) is 0. The van der Waals surface area contributed by atoms with Crippen molar-refractivity contribution < 1.29 is 4.74 Å². The van der Waals surface area contributed by atoms with Crippen LogP contribution in [-0.4, -0.2) is 16.6 Å². The summed E-state index contributed by atoms with van der Waals surface area (Å²) >= 11 is 0. The summed E-state index contributed by atoms with van der Waals surface area (Å²) in [5.41, 5.74) is 5.63. The van der Waals surface area contributed by atoms with Crippen LogP contribution in [-0.2, 0) is 6.42 Å². The molecule has 0 fully saturated rings. The maximum absolute atomic E-state index is 5.63. The van der Waals surface area contributed by atoms with Gasteiger partial charge in [-0.05, 0) is 12.8 Å². The fourth-order valence-corrected chi connectivity index (χ4v) is 1.17. The van der Waals surface area contributed by atoms with Gasteiger partial charge in [-0.25, -0.2) is 4.98 Å². The molecule has 4 heteroatoms. The van der Waals surface area contributed by atoms with Crippen molar-refractivity contribution >= 4 is 5.82 Å². The predicted molar refractivity (Wildman–Crippen MR) is 56.2 cm³/mol. The number of nitrogens with zero attached hydrogens (tertiary/aromatic N) is 2. The summed E-state index contributed by atoms with van der Waals surface area (Å²) < 4.78 is 5.28. The third-order valence-electron chi connectivity index (χ3n) is 1.65. The summed E-state index contributed by atoms with van der Waals surface area (Å²) in [4.78, 5) is 8.39. The Morgan fingerprint density at radius 2 is 2.14 bits per heavy atom. The second-order valence-electron chi connectivity index (χ2n) is 3.58. The molecule has 0 aliphatic heterocycles. The summed E-state index contributed by atoms with van der Waals surface area (Å²) in [5.74, 6) is 2.31. The Kier molecular flexibility index (Phi) is 3.68. The van der Waals surface area contributed by atoms with Gasteiger partial charge in [0.15, 0.2) is 0 Å². The van der Waals surface area contributed by atoms with E-state index in [-0.39, 0.29) is 0 Å². The van der Waals surface area contributed by atoms with Gasteiger partial charge in [-0.3, -0.25) is 0 Å². The lowest BCUT2D eigenvalue weighted by Gasteiger charge is -2.07. The van der Waals surface area contributed by atoms with Crippen molar-refractivity contribution in [1.82, 2.24) is 9.97 Å². The number of aromatic nitrogens is 2. The largest absolute Gasteiger partial charge is 0.478 e. The zero-order valence-electron chi connectivity index (χ0n) is 8.95. The minimum Gasteiger partial charge on any atom is -0.478 e. The standard InChI is InChI=1S/C10H17N3O/c1-4-14-10-6-8(11)12-9(13-10)5-7(2)3/h6-7H,4-5H2,1-3H3,(H2,11,12,13).